The summed E-state index contributed by atoms with van der Waals surface area (Å²) in [4.78, 5) is 13.3. The number of nitrogens with one attached hydrogen (secondary N) is 1. The number of hydrogen-bond donors (Lipinski definition) is 1. The standard InChI is InChI=1S/C24H20Cl2N2O4S2/c1-14-4-5-16(12-19(14)25)27-24(29)23-11-15-10-17(6-9-22(15)33-23)28(2)34(30,31)18-7-8-21(32-3)20(26)13-18/h4-13H,1-3H3,(H,27,29). The van der Waals surface area contributed by atoms with Crippen LogP contribution in [0.2, 0.25) is 10.0 Å². The Hall–Kier alpha value is -2.78. The van der Waals surface area contributed by atoms with Crippen molar-refractivity contribution in [3.8, 4) is 5.75 Å². The maximum absolute atomic E-state index is 13.1. The van der Waals surface area contributed by atoms with Gasteiger partial charge in [-0.25, -0.2) is 8.42 Å². The molecule has 6 nitrogen and oxygen atoms in total. The third kappa shape index (κ3) is 4.72. The lowest BCUT2D eigenvalue weighted by Crippen LogP contribution is -2.26. The molecule has 0 unspecified atom stereocenters. The van der Waals surface area contributed by atoms with Crippen molar-refractivity contribution in [2.24, 2.45) is 0 Å². The number of carbonyl (C=O) groups is 1. The number of rotatable bonds is 6. The normalized spacial score (nSPS) is 11.4. The summed E-state index contributed by atoms with van der Waals surface area (Å²) in [5.41, 5.74) is 1.97. The molecular weight excluding hydrogens is 515 g/mol. The second-order valence-electron chi connectivity index (χ2n) is 7.52. The number of anilines is 2. The van der Waals surface area contributed by atoms with Gasteiger partial charge in [0.15, 0.2) is 0 Å². The van der Waals surface area contributed by atoms with Crippen molar-refractivity contribution < 1.29 is 17.9 Å². The van der Waals surface area contributed by atoms with Crippen molar-refractivity contribution in [2.75, 3.05) is 23.8 Å². The summed E-state index contributed by atoms with van der Waals surface area (Å²) in [6, 6.07) is 16.6. The third-order valence-corrected chi connectivity index (χ3v) is 8.90. The number of amides is 1. The van der Waals surface area contributed by atoms with E-state index >= 15 is 0 Å². The van der Waals surface area contributed by atoms with Crippen molar-refractivity contribution in [3.05, 3.63) is 81.1 Å². The minimum absolute atomic E-state index is 0.0445. The molecule has 176 valence electrons. The first-order valence-electron chi connectivity index (χ1n) is 10.0. The minimum Gasteiger partial charge on any atom is -0.495 e. The lowest BCUT2D eigenvalue weighted by atomic mass is 10.2. The van der Waals surface area contributed by atoms with Crippen LogP contribution in [0.5, 0.6) is 5.75 Å². The van der Waals surface area contributed by atoms with Crippen LogP contribution in [0.25, 0.3) is 10.1 Å². The molecule has 10 heteroatoms. The number of nitrogens with zero attached hydrogens (tertiary/aromatic N) is 1. The van der Waals surface area contributed by atoms with E-state index in [1.54, 1.807) is 36.4 Å². The molecule has 0 atom stereocenters. The van der Waals surface area contributed by atoms with E-state index in [-0.39, 0.29) is 15.8 Å². The van der Waals surface area contributed by atoms with Gasteiger partial charge in [-0.1, -0.05) is 29.3 Å². The van der Waals surface area contributed by atoms with Crippen molar-refractivity contribution >= 4 is 71.9 Å². The van der Waals surface area contributed by atoms with Gasteiger partial charge < -0.3 is 10.1 Å². The molecule has 0 aliphatic heterocycles. The molecule has 1 amide bonds. The molecule has 4 rings (SSSR count). The van der Waals surface area contributed by atoms with E-state index in [4.69, 9.17) is 27.9 Å². The average molecular weight is 535 g/mol. The molecule has 0 bridgehead atoms. The first kappa shape index (κ1) is 24.3. The van der Waals surface area contributed by atoms with Crippen LogP contribution in [0.3, 0.4) is 0 Å². The minimum atomic E-state index is -3.86. The molecule has 0 spiro atoms. The smallest absolute Gasteiger partial charge is 0.265 e. The largest absolute Gasteiger partial charge is 0.495 e. The van der Waals surface area contributed by atoms with Crippen molar-refractivity contribution in [1.29, 1.82) is 0 Å². The van der Waals surface area contributed by atoms with Crippen LogP contribution < -0.4 is 14.4 Å². The van der Waals surface area contributed by atoms with Gasteiger partial charge in [0.25, 0.3) is 15.9 Å². The Kier molecular flexibility index (Phi) is 6.78. The Morgan fingerprint density at radius 3 is 2.44 bits per heavy atom. The van der Waals surface area contributed by atoms with Gasteiger partial charge in [-0.2, -0.15) is 0 Å². The Bertz CT molecular complexity index is 1520. The van der Waals surface area contributed by atoms with Gasteiger partial charge in [0, 0.05) is 22.5 Å². The summed E-state index contributed by atoms with van der Waals surface area (Å²) in [5, 5.41) is 4.37. The highest BCUT2D eigenvalue weighted by atomic mass is 35.5. The maximum Gasteiger partial charge on any atom is 0.265 e. The van der Waals surface area contributed by atoms with Gasteiger partial charge >= 0.3 is 0 Å². The van der Waals surface area contributed by atoms with E-state index < -0.39 is 10.0 Å². The Labute approximate surface area is 211 Å². The average Bonchev–Trinajstić information content (AvgIpc) is 3.24. The van der Waals surface area contributed by atoms with E-state index in [1.165, 1.54) is 48.0 Å². The highest BCUT2D eigenvalue weighted by molar-refractivity contribution is 7.92. The number of methoxy groups -OCH3 is 1. The molecular formula is C24H20Cl2N2O4S2. The second kappa shape index (κ2) is 9.46. The van der Waals surface area contributed by atoms with E-state index in [2.05, 4.69) is 5.32 Å². The fourth-order valence-electron chi connectivity index (χ4n) is 3.31. The Morgan fingerprint density at radius 1 is 1.00 bits per heavy atom. The third-order valence-electron chi connectivity index (χ3n) is 5.30. The number of carbonyl (C=O) groups excluding carboxylic acids is 1. The summed E-state index contributed by atoms with van der Waals surface area (Å²) in [5.74, 6) is 0.123. The van der Waals surface area contributed by atoms with Gasteiger partial charge in [-0.3, -0.25) is 9.10 Å². The van der Waals surface area contributed by atoms with Crippen LogP contribution in [0.1, 0.15) is 15.2 Å². The number of ether oxygens (including phenoxy) is 1. The predicted octanol–water partition coefficient (Wildman–Crippen LogP) is 6.60. The SMILES string of the molecule is COc1ccc(S(=O)(=O)N(C)c2ccc3sc(C(=O)Nc4ccc(C)c(Cl)c4)cc3c2)cc1Cl. The van der Waals surface area contributed by atoms with Crippen LogP contribution in [-0.4, -0.2) is 28.5 Å². The first-order valence-corrected chi connectivity index (χ1v) is 13.0. The lowest BCUT2D eigenvalue weighted by molar-refractivity contribution is 0.103. The van der Waals surface area contributed by atoms with Gasteiger partial charge in [0.05, 0.1) is 27.6 Å². The number of sulfonamides is 1. The van der Waals surface area contributed by atoms with Crippen LogP contribution >= 0.6 is 34.5 Å². The summed E-state index contributed by atoms with van der Waals surface area (Å²) in [6.45, 7) is 1.89. The van der Waals surface area contributed by atoms with Gasteiger partial charge in [-0.15, -0.1) is 11.3 Å². The molecule has 34 heavy (non-hydrogen) atoms. The fourth-order valence-corrected chi connectivity index (χ4v) is 5.96. The van der Waals surface area contributed by atoms with Gasteiger partial charge in [0.1, 0.15) is 5.75 Å². The lowest BCUT2D eigenvalue weighted by Gasteiger charge is -2.20. The summed E-state index contributed by atoms with van der Waals surface area (Å²) in [7, 11) is -0.933. The van der Waals surface area contributed by atoms with Gasteiger partial charge in [0.2, 0.25) is 0 Å². The van der Waals surface area contributed by atoms with Crippen molar-refractivity contribution in [3.63, 3.8) is 0 Å². The summed E-state index contributed by atoms with van der Waals surface area (Å²) >= 11 is 13.6. The molecule has 0 aliphatic carbocycles. The van der Waals surface area contributed by atoms with Gasteiger partial charge in [-0.05, 0) is 72.5 Å². The molecule has 1 N–H and O–H groups in total. The van der Waals surface area contributed by atoms with Crippen molar-refractivity contribution in [1.82, 2.24) is 0 Å². The van der Waals surface area contributed by atoms with E-state index in [1.807, 2.05) is 13.0 Å². The molecule has 0 saturated heterocycles. The molecule has 0 aliphatic rings. The molecule has 1 heterocycles. The number of hydrogen-bond acceptors (Lipinski definition) is 5. The zero-order valence-electron chi connectivity index (χ0n) is 18.4. The van der Waals surface area contributed by atoms with E-state index in [0.717, 1.165) is 15.6 Å². The number of aryl methyl sites for hydroxylation is 1. The van der Waals surface area contributed by atoms with Crippen LogP contribution in [0.4, 0.5) is 11.4 Å². The summed E-state index contributed by atoms with van der Waals surface area (Å²) < 4.78 is 33.4. The summed E-state index contributed by atoms with van der Waals surface area (Å²) in [6.07, 6.45) is 0. The molecule has 3 aromatic carbocycles. The number of fused-ring (bicyclic) bond motifs is 1. The molecule has 0 saturated carbocycles. The van der Waals surface area contributed by atoms with Crippen LogP contribution in [0, 0.1) is 6.92 Å². The van der Waals surface area contributed by atoms with Crippen molar-refractivity contribution in [2.45, 2.75) is 11.8 Å². The highest BCUT2D eigenvalue weighted by Gasteiger charge is 2.23. The van der Waals surface area contributed by atoms with E-state index in [0.29, 0.717) is 27.0 Å². The first-order chi connectivity index (χ1) is 16.1. The number of halogens is 2. The Balaban J connectivity index is 1.60. The zero-order valence-corrected chi connectivity index (χ0v) is 21.6. The molecule has 1 aromatic heterocycles. The number of benzene rings is 3. The topological polar surface area (TPSA) is 75.7 Å². The molecule has 0 fully saturated rings. The predicted molar refractivity (Wildman–Crippen MR) is 140 cm³/mol. The number of thiophene rings is 1. The molecule has 4 aromatic rings. The van der Waals surface area contributed by atoms with Crippen LogP contribution in [-0.2, 0) is 10.0 Å². The quantitative estimate of drug-likeness (QED) is 0.302. The Morgan fingerprint density at radius 2 is 1.76 bits per heavy atom. The van der Waals surface area contributed by atoms with E-state index in [9.17, 15) is 13.2 Å². The zero-order chi connectivity index (χ0) is 24.6. The second-order valence-corrected chi connectivity index (χ2v) is 11.4. The maximum atomic E-state index is 13.1. The monoisotopic (exact) mass is 534 g/mol. The van der Waals surface area contributed by atoms with Crippen LogP contribution in [0.15, 0.2) is 65.6 Å². The fraction of sp³-hybridized carbons (Fsp3) is 0.125. The highest BCUT2D eigenvalue weighted by Crippen LogP contribution is 2.33. The molecule has 0 radical (unpaired) electrons.